The first-order chi connectivity index (χ1) is 44.6. The Balaban J connectivity index is 0.848. The summed E-state index contributed by atoms with van der Waals surface area (Å²) in [7, 11) is -2.40. The van der Waals surface area contributed by atoms with E-state index in [2.05, 4.69) is 10.0 Å². The average molecular weight is 1320 g/mol. The van der Waals surface area contributed by atoms with E-state index in [0.717, 1.165) is 17.2 Å². The Labute approximate surface area is 535 Å². The van der Waals surface area contributed by atoms with Gasteiger partial charge in [0.15, 0.2) is 40.3 Å². The molecule has 5 aliphatic heterocycles. The quantitative estimate of drug-likeness (QED) is 0.0124. The Morgan fingerprint density at radius 1 is 0.685 bits per heavy atom. The summed E-state index contributed by atoms with van der Waals surface area (Å²) in [5.41, 5.74) is 12.4. The molecule has 4 N–H and O–H groups in total. The summed E-state index contributed by atoms with van der Waals surface area (Å²) >= 11 is 3.27. The van der Waals surface area contributed by atoms with Crippen LogP contribution in [0.1, 0.15) is 75.9 Å². The number of carbonyl (C=O) groups excluding carboxylic acids is 3. The van der Waals surface area contributed by atoms with Crippen molar-refractivity contribution < 1.29 is 94.2 Å². The molecule has 2 amide bonds. The first-order valence-corrected chi connectivity index (χ1v) is 32.4. The summed E-state index contributed by atoms with van der Waals surface area (Å²) in [4.78, 5) is 60.0. The molecule has 0 radical (unpaired) electrons. The van der Waals surface area contributed by atoms with E-state index in [1.54, 1.807) is 75.2 Å². The van der Waals surface area contributed by atoms with Gasteiger partial charge in [-0.2, -0.15) is 0 Å². The molecule has 92 heavy (non-hydrogen) atoms. The number of carbonyl (C=O) groups is 3. The number of amides is 2. The van der Waals surface area contributed by atoms with E-state index >= 15 is 0 Å². The smallest absolute Gasteiger partial charge is 0.493 e. The van der Waals surface area contributed by atoms with Crippen molar-refractivity contribution in [1.29, 1.82) is 0 Å². The van der Waals surface area contributed by atoms with Crippen molar-refractivity contribution in [2.75, 3.05) is 67.0 Å². The van der Waals surface area contributed by atoms with E-state index in [1.165, 1.54) is 48.2 Å². The number of hydrogen-bond donors (Lipinski definition) is 4. The van der Waals surface area contributed by atoms with Crippen molar-refractivity contribution in [2.24, 2.45) is 15.1 Å². The number of thiophene rings is 2. The number of nitrogens with zero attached hydrogens (tertiary/aromatic N) is 7. The highest BCUT2D eigenvalue weighted by atomic mass is 32.3. The number of aliphatic imine (C=N–C) groups is 2. The third-order valence-electron chi connectivity index (χ3n) is 15.7. The van der Waals surface area contributed by atoms with Gasteiger partial charge in [-0.3, -0.25) is 24.4 Å². The zero-order valence-electron chi connectivity index (χ0n) is 49.8. The molecule has 0 spiro atoms. The molecule has 486 valence electrons. The number of aliphatic hydroxyl groups is 4. The molecule has 30 heteroatoms. The topological polar surface area (TPSA) is 348 Å². The highest BCUT2D eigenvalue weighted by Crippen LogP contribution is 2.42. The van der Waals surface area contributed by atoms with Crippen LogP contribution in [0.2, 0.25) is 0 Å². The normalized spacial score (nSPS) is 20.4. The number of ether oxygens (including phenoxy) is 9. The maximum Gasteiger partial charge on any atom is 0.501 e. The van der Waals surface area contributed by atoms with Crippen LogP contribution in [0.3, 0.4) is 0 Å². The Morgan fingerprint density at radius 3 is 1.80 bits per heavy atom. The number of hydrogen-bond acceptors (Lipinski definition) is 25. The van der Waals surface area contributed by atoms with Gasteiger partial charge in [-0.25, -0.2) is 0 Å². The Bertz CT molecular complexity index is 3750. The zero-order valence-corrected chi connectivity index (χ0v) is 52.2. The van der Waals surface area contributed by atoms with Crippen LogP contribution in [0.5, 0.6) is 40.2 Å². The monoisotopic (exact) mass is 1320 g/mol. The Kier molecular flexibility index (Phi) is 21.0. The van der Waals surface area contributed by atoms with Gasteiger partial charge in [-0.05, 0) is 106 Å². The van der Waals surface area contributed by atoms with Crippen LogP contribution in [-0.4, -0.2) is 178 Å². The second-order valence-electron chi connectivity index (χ2n) is 21.7. The second-order valence-corrected chi connectivity index (χ2v) is 24.8. The minimum absolute atomic E-state index is 0.0364. The SMILES string of the molecule is COc1cc2c(cc1OCc1cc(COc3cc4c(cc3OC)C(=O)N3Cc5ccsc5C[C@H]3C=N4)cc(OS(=O)(=O)Oc3cc(C(=O)CCCOCCOCCOCCN=[N+]=[N-])ccc3OC3O[C@H](CO)[C@H](O)[C@H](O)[C@H]3O)c1)N=C[C@@H]1Cc3sccc3CN1C2=O. The van der Waals surface area contributed by atoms with Gasteiger partial charge in [0.05, 0.1) is 88.4 Å². The molecule has 1 fully saturated rings. The number of Topliss-reactive ketones (excluding diaryl/α,β-unsaturated/α-hetero) is 1. The first kappa shape index (κ1) is 65.3. The van der Waals surface area contributed by atoms with E-state index in [1.807, 2.05) is 22.9 Å². The van der Waals surface area contributed by atoms with Crippen molar-refractivity contribution in [3.63, 3.8) is 0 Å². The van der Waals surface area contributed by atoms with Crippen LogP contribution in [-0.2, 0) is 68.5 Å². The summed E-state index contributed by atoms with van der Waals surface area (Å²) in [6.07, 6.45) is -3.83. The van der Waals surface area contributed by atoms with E-state index in [-0.39, 0.29) is 124 Å². The molecule has 6 aromatic rings. The number of aliphatic hydroxyl groups excluding tert-OH is 4. The zero-order chi connectivity index (χ0) is 64.5. The summed E-state index contributed by atoms with van der Waals surface area (Å²) in [6, 6.07) is 17.7. The van der Waals surface area contributed by atoms with Crippen molar-refractivity contribution in [2.45, 2.75) is 94.8 Å². The third-order valence-corrected chi connectivity index (χ3v) is 18.4. The van der Waals surface area contributed by atoms with Gasteiger partial charge >= 0.3 is 10.4 Å². The number of ketones is 1. The minimum Gasteiger partial charge on any atom is -0.493 e. The molecular formula is C62H65N7O20S3. The molecule has 7 heterocycles. The molecule has 5 aliphatic rings. The predicted molar refractivity (Wildman–Crippen MR) is 332 cm³/mol. The molecule has 2 aromatic heterocycles. The maximum atomic E-state index is 14.4. The molecule has 0 aliphatic carbocycles. The summed E-state index contributed by atoms with van der Waals surface area (Å²) in [5, 5.41) is 49.3. The summed E-state index contributed by atoms with van der Waals surface area (Å²) < 4.78 is 92.2. The lowest BCUT2D eigenvalue weighted by Crippen LogP contribution is -2.60. The van der Waals surface area contributed by atoms with Gasteiger partial charge in [-0.1, -0.05) is 5.11 Å². The van der Waals surface area contributed by atoms with Gasteiger partial charge in [0.25, 0.3) is 11.8 Å². The highest BCUT2D eigenvalue weighted by molar-refractivity contribution is 7.82. The molecule has 7 atom stereocenters. The first-order valence-electron chi connectivity index (χ1n) is 29.3. The fraction of sp³-hybridized carbons (Fsp3) is 0.403. The molecule has 4 aromatic carbocycles. The van der Waals surface area contributed by atoms with Crippen LogP contribution >= 0.6 is 22.7 Å². The fourth-order valence-corrected chi connectivity index (χ4v) is 13.6. The maximum absolute atomic E-state index is 14.4. The van der Waals surface area contributed by atoms with Crippen molar-refractivity contribution in [3.8, 4) is 40.2 Å². The van der Waals surface area contributed by atoms with Crippen molar-refractivity contribution >= 4 is 74.5 Å². The van der Waals surface area contributed by atoms with Crippen LogP contribution < -0.4 is 32.1 Å². The molecule has 11 rings (SSSR count). The van der Waals surface area contributed by atoms with E-state index < -0.39 is 65.0 Å². The van der Waals surface area contributed by atoms with E-state index in [0.29, 0.717) is 66.2 Å². The molecular weight excluding hydrogens is 1260 g/mol. The van der Waals surface area contributed by atoms with Gasteiger partial charge < -0.3 is 81.2 Å². The molecule has 1 saturated heterocycles. The highest BCUT2D eigenvalue weighted by Gasteiger charge is 2.45. The molecule has 0 saturated carbocycles. The lowest BCUT2D eigenvalue weighted by molar-refractivity contribution is -0.277. The van der Waals surface area contributed by atoms with Crippen LogP contribution in [0.25, 0.3) is 10.4 Å². The Morgan fingerprint density at radius 2 is 1.25 bits per heavy atom. The van der Waals surface area contributed by atoms with Crippen molar-refractivity contribution in [3.05, 3.63) is 143 Å². The fourth-order valence-electron chi connectivity index (χ4n) is 10.9. The molecule has 27 nitrogen and oxygen atoms in total. The number of rotatable bonds is 29. The number of fused-ring (bicyclic) bond motifs is 6. The standard InChI is InChI=1S/C62H65N7O20S3/c1-79-49-24-43-45(64-28-40-22-55-38(7-16-90-55)30-68(40)60(43)75)26-51(49)84-33-35-18-36(34-85-52-27-46-44(25-50(52)80-2)61(76)69-31-39-8-17-91-56(39)23-41(69)29-65-46)20-42(19-35)88-92(77,78)89-53-21-37(5-6-48(53)86-62-59(74)58(73)57(72)54(32-70)87-62)47(71)4-3-10-81-12-14-83-15-13-82-11-9-66-67-63/h5-8,16-21,24-29,40-41,54,57-59,62,70,72-74H,3-4,9-15,22-23,30-34H2,1-2H3/t40-,41-,54+,57-,58-,59+,62?/m0/s1. The van der Waals surface area contributed by atoms with E-state index in [4.69, 9.17) is 66.5 Å². The minimum atomic E-state index is -5.26. The van der Waals surface area contributed by atoms with Crippen LogP contribution in [0.4, 0.5) is 11.4 Å². The lowest BCUT2D eigenvalue weighted by atomic mass is 9.99. The number of methoxy groups -OCH3 is 2. The lowest BCUT2D eigenvalue weighted by Gasteiger charge is -2.39. The second kappa shape index (κ2) is 29.6. The summed E-state index contributed by atoms with van der Waals surface area (Å²) in [5.74, 6) is -1.47. The van der Waals surface area contributed by atoms with Gasteiger partial charge in [0, 0.05) is 90.3 Å². The van der Waals surface area contributed by atoms with Gasteiger partial charge in [0.1, 0.15) is 43.4 Å². The Hall–Kier alpha value is -8.23. The van der Waals surface area contributed by atoms with Crippen LogP contribution in [0, 0.1) is 0 Å². The largest absolute Gasteiger partial charge is 0.501 e. The number of benzene rings is 4. The third kappa shape index (κ3) is 15.1. The predicted octanol–water partition coefficient (Wildman–Crippen LogP) is 6.76. The molecule has 0 bridgehead atoms. The average Bonchev–Trinajstić information content (AvgIpc) is 2.02. The summed E-state index contributed by atoms with van der Waals surface area (Å²) in [6.45, 7) is 1.20. The van der Waals surface area contributed by atoms with Crippen molar-refractivity contribution in [1.82, 2.24) is 9.80 Å². The number of azide groups is 1. The van der Waals surface area contributed by atoms with Gasteiger partial charge in [0.2, 0.25) is 6.29 Å². The molecule has 1 unspecified atom stereocenters. The van der Waals surface area contributed by atoms with Gasteiger partial charge in [-0.15, -0.1) is 31.1 Å². The van der Waals surface area contributed by atoms with E-state index in [9.17, 15) is 43.2 Å². The van der Waals surface area contributed by atoms with Crippen LogP contribution in [0.15, 0.2) is 98.7 Å².